The van der Waals surface area contributed by atoms with E-state index >= 15 is 0 Å². The third-order valence-electron chi connectivity index (χ3n) is 2.68. The molecule has 0 aliphatic rings. The van der Waals surface area contributed by atoms with Gasteiger partial charge in [0, 0.05) is 12.4 Å². The normalized spacial score (nSPS) is 9.81. The lowest BCUT2D eigenvalue weighted by molar-refractivity contribution is 0.0526. The fraction of sp³-hybridized carbons (Fsp3) is 0.286. The van der Waals surface area contributed by atoms with Crippen molar-refractivity contribution in [1.82, 2.24) is 19.9 Å². The van der Waals surface area contributed by atoms with Crippen molar-refractivity contribution in [3.05, 3.63) is 23.5 Å². The van der Waals surface area contributed by atoms with Crippen LogP contribution >= 0.6 is 23.5 Å². The van der Waals surface area contributed by atoms with Crippen molar-refractivity contribution in [1.29, 1.82) is 0 Å². The van der Waals surface area contributed by atoms with Crippen molar-refractivity contribution in [3.8, 4) is 0 Å². The highest BCUT2D eigenvalue weighted by atomic mass is 32.2. The number of aromatic carboxylic acids is 1. The molecule has 10 nitrogen and oxygen atoms in total. The van der Waals surface area contributed by atoms with Crippen LogP contribution in [0.3, 0.4) is 0 Å². The number of carboxylic acid groups (broad SMARTS) is 1. The number of carbonyl (C=O) groups is 2. The number of nitrogens with zero attached hydrogens (tertiary/aromatic N) is 4. The molecule has 0 saturated heterocycles. The monoisotopic (exact) mass is 398 g/mol. The highest BCUT2D eigenvalue weighted by Crippen LogP contribution is 2.14. The Labute approximate surface area is 158 Å². The Balaban J connectivity index is 0.000000263. The Hall–Kier alpha value is -2.60. The molecule has 0 atom stereocenters. The molecule has 140 valence electrons. The van der Waals surface area contributed by atoms with E-state index in [-0.39, 0.29) is 22.8 Å². The smallest absolute Gasteiger partial charge is 0.343 e. The van der Waals surface area contributed by atoms with Gasteiger partial charge in [0.05, 0.1) is 6.61 Å². The van der Waals surface area contributed by atoms with Gasteiger partial charge >= 0.3 is 11.9 Å². The minimum Gasteiger partial charge on any atom is -0.477 e. The van der Waals surface area contributed by atoms with E-state index in [9.17, 15) is 9.59 Å². The van der Waals surface area contributed by atoms with Gasteiger partial charge in [-0.05, 0) is 19.4 Å². The number of ether oxygens (including phenoxy) is 1. The summed E-state index contributed by atoms with van der Waals surface area (Å²) in [6.07, 6.45) is 6.21. The zero-order valence-corrected chi connectivity index (χ0v) is 15.9. The second-order valence-corrected chi connectivity index (χ2v) is 5.88. The summed E-state index contributed by atoms with van der Waals surface area (Å²) in [7, 11) is 0. The summed E-state index contributed by atoms with van der Waals surface area (Å²) in [5.74, 6) is -1.44. The molecular weight excluding hydrogens is 380 g/mol. The van der Waals surface area contributed by atoms with Crippen molar-refractivity contribution in [2.45, 2.75) is 17.2 Å². The van der Waals surface area contributed by atoms with Gasteiger partial charge in [-0.2, -0.15) is 0 Å². The molecule has 12 heteroatoms. The number of nitrogen functional groups attached to an aromatic ring is 2. The average molecular weight is 398 g/mol. The third-order valence-corrected chi connectivity index (χ3v) is 3.81. The van der Waals surface area contributed by atoms with E-state index in [0.717, 1.165) is 0 Å². The molecule has 2 aromatic heterocycles. The van der Waals surface area contributed by atoms with E-state index < -0.39 is 11.9 Å². The molecule has 26 heavy (non-hydrogen) atoms. The molecule has 0 spiro atoms. The molecule has 0 bridgehead atoms. The summed E-state index contributed by atoms with van der Waals surface area (Å²) in [4.78, 5) is 37.1. The SMILES string of the molecule is CCOC(=O)c1cnc(SC)nc1N.CSc1ncc(C(=O)O)c(N)n1. The maximum absolute atomic E-state index is 11.3. The van der Waals surface area contributed by atoms with Crippen molar-refractivity contribution < 1.29 is 19.4 Å². The summed E-state index contributed by atoms with van der Waals surface area (Å²) >= 11 is 2.67. The minimum atomic E-state index is -1.11. The number of aromatic nitrogens is 4. The number of rotatable bonds is 5. The quantitative estimate of drug-likeness (QED) is 0.377. The lowest BCUT2D eigenvalue weighted by Crippen LogP contribution is -2.10. The van der Waals surface area contributed by atoms with Gasteiger partial charge in [-0.15, -0.1) is 0 Å². The fourth-order valence-electron chi connectivity index (χ4n) is 1.48. The Morgan fingerprint density at radius 2 is 1.50 bits per heavy atom. The van der Waals surface area contributed by atoms with Crippen LogP contribution in [0.4, 0.5) is 11.6 Å². The Bertz CT molecular complexity index is 790. The van der Waals surface area contributed by atoms with Gasteiger partial charge in [0.15, 0.2) is 10.3 Å². The molecule has 0 aliphatic heterocycles. The largest absolute Gasteiger partial charge is 0.477 e. The molecule has 0 fully saturated rings. The topological polar surface area (TPSA) is 167 Å². The molecule has 0 aromatic carbocycles. The van der Waals surface area contributed by atoms with Crippen molar-refractivity contribution >= 4 is 47.1 Å². The molecule has 2 rings (SSSR count). The minimum absolute atomic E-state index is 0.00171. The van der Waals surface area contributed by atoms with Crippen molar-refractivity contribution in [3.63, 3.8) is 0 Å². The Morgan fingerprint density at radius 3 is 1.85 bits per heavy atom. The van der Waals surface area contributed by atoms with E-state index in [1.165, 1.54) is 35.9 Å². The highest BCUT2D eigenvalue weighted by molar-refractivity contribution is 7.98. The van der Waals surface area contributed by atoms with Crippen LogP contribution in [0.1, 0.15) is 27.6 Å². The van der Waals surface area contributed by atoms with Crippen LogP contribution < -0.4 is 11.5 Å². The molecular formula is C14H18N6O4S2. The van der Waals surface area contributed by atoms with Crippen LogP contribution in [-0.4, -0.2) is 56.1 Å². The van der Waals surface area contributed by atoms with Crippen molar-refractivity contribution in [2.75, 3.05) is 30.6 Å². The number of anilines is 2. The molecule has 2 aromatic rings. The summed E-state index contributed by atoms with van der Waals surface area (Å²) in [6, 6.07) is 0. The number of nitrogens with two attached hydrogens (primary N) is 2. The van der Waals surface area contributed by atoms with Gasteiger partial charge in [-0.1, -0.05) is 23.5 Å². The van der Waals surface area contributed by atoms with Gasteiger partial charge < -0.3 is 21.3 Å². The summed E-state index contributed by atoms with van der Waals surface area (Å²) in [5.41, 5.74) is 11.1. The van der Waals surface area contributed by atoms with E-state index in [1.807, 2.05) is 6.26 Å². The predicted molar refractivity (Wildman–Crippen MR) is 99.4 cm³/mol. The van der Waals surface area contributed by atoms with Crippen LogP contribution in [0.15, 0.2) is 22.7 Å². The first kappa shape index (κ1) is 21.4. The van der Waals surface area contributed by atoms with E-state index in [4.69, 9.17) is 21.3 Å². The second-order valence-electron chi connectivity index (χ2n) is 4.34. The van der Waals surface area contributed by atoms with Gasteiger partial charge in [-0.3, -0.25) is 0 Å². The lowest BCUT2D eigenvalue weighted by Gasteiger charge is -2.04. The number of hydrogen-bond acceptors (Lipinski definition) is 11. The molecule has 2 heterocycles. The van der Waals surface area contributed by atoms with Gasteiger partial charge in [0.25, 0.3) is 0 Å². The average Bonchev–Trinajstić information content (AvgIpc) is 2.61. The van der Waals surface area contributed by atoms with Crippen LogP contribution in [0.2, 0.25) is 0 Å². The van der Waals surface area contributed by atoms with Gasteiger partial charge in [0.1, 0.15) is 22.8 Å². The number of carbonyl (C=O) groups excluding carboxylic acids is 1. The zero-order chi connectivity index (χ0) is 19.7. The predicted octanol–water partition coefficient (Wildman–Crippen LogP) is 1.44. The standard InChI is InChI=1S/C8H11N3O2S.C6H7N3O2S/c1-3-13-7(12)5-4-10-8(14-2)11-6(5)9;1-12-6-8-2-3(5(10)11)4(7)9-6/h4H,3H2,1-2H3,(H2,9,10,11);2H,1H3,(H,10,11)(H2,7,8,9). The molecule has 0 amide bonds. The molecule has 5 N–H and O–H groups in total. The maximum atomic E-state index is 11.3. The summed E-state index contributed by atoms with van der Waals surface area (Å²) in [6.45, 7) is 2.04. The Kier molecular flexibility index (Phi) is 8.58. The van der Waals surface area contributed by atoms with Crippen LogP contribution in [0.25, 0.3) is 0 Å². The lowest BCUT2D eigenvalue weighted by atomic mass is 10.3. The molecule has 0 saturated carbocycles. The van der Waals surface area contributed by atoms with Crippen LogP contribution in [0, 0.1) is 0 Å². The first-order valence-electron chi connectivity index (χ1n) is 7.07. The zero-order valence-electron chi connectivity index (χ0n) is 14.3. The van der Waals surface area contributed by atoms with E-state index in [1.54, 1.807) is 13.2 Å². The second kappa shape index (κ2) is 10.4. The van der Waals surface area contributed by atoms with Crippen molar-refractivity contribution in [2.24, 2.45) is 0 Å². The first-order valence-corrected chi connectivity index (χ1v) is 9.52. The highest BCUT2D eigenvalue weighted by Gasteiger charge is 2.13. The van der Waals surface area contributed by atoms with Crippen LogP contribution in [0.5, 0.6) is 0 Å². The van der Waals surface area contributed by atoms with Gasteiger partial charge in [0.2, 0.25) is 0 Å². The fourth-order valence-corrected chi connectivity index (χ4v) is 2.18. The first-order chi connectivity index (χ1) is 12.3. The number of hydrogen-bond donors (Lipinski definition) is 3. The maximum Gasteiger partial charge on any atom is 0.343 e. The molecule has 0 aliphatic carbocycles. The van der Waals surface area contributed by atoms with Crippen LogP contribution in [-0.2, 0) is 4.74 Å². The summed E-state index contributed by atoms with van der Waals surface area (Å²) in [5, 5.41) is 9.57. The van der Waals surface area contributed by atoms with E-state index in [0.29, 0.717) is 16.9 Å². The number of esters is 1. The third kappa shape index (κ3) is 6.04. The molecule has 0 unspecified atom stereocenters. The number of thioether (sulfide) groups is 2. The van der Waals surface area contributed by atoms with Gasteiger partial charge in [-0.25, -0.2) is 29.5 Å². The Morgan fingerprint density at radius 1 is 1.04 bits per heavy atom. The molecule has 0 radical (unpaired) electrons. The van der Waals surface area contributed by atoms with E-state index in [2.05, 4.69) is 19.9 Å². The number of carboxylic acids is 1. The summed E-state index contributed by atoms with van der Waals surface area (Å²) < 4.78 is 4.78.